The van der Waals surface area contributed by atoms with Crippen LogP contribution in [0.5, 0.6) is 0 Å². The fourth-order valence-corrected chi connectivity index (χ4v) is 3.62. The molecule has 0 unspecified atom stereocenters. The first kappa shape index (κ1) is 16.5. The average Bonchev–Trinajstić information content (AvgIpc) is 2.79. The van der Waals surface area contributed by atoms with Crippen molar-refractivity contribution in [2.45, 2.75) is 52.3 Å². The minimum absolute atomic E-state index is 0.139. The van der Waals surface area contributed by atoms with Gasteiger partial charge in [-0.15, -0.1) is 0 Å². The molecular formula is C17H27N3O3. The molecule has 0 spiro atoms. The van der Waals surface area contributed by atoms with E-state index < -0.39 is 0 Å². The molecule has 0 radical (unpaired) electrons. The lowest BCUT2D eigenvalue weighted by Crippen LogP contribution is -2.55. The first-order chi connectivity index (χ1) is 11.0. The smallest absolute Gasteiger partial charge is 0.248 e. The number of fused-ring (bicyclic) bond motifs is 1. The van der Waals surface area contributed by atoms with Crippen molar-refractivity contribution in [2.75, 3.05) is 26.2 Å². The van der Waals surface area contributed by atoms with Gasteiger partial charge in [0.15, 0.2) is 0 Å². The van der Waals surface area contributed by atoms with E-state index >= 15 is 0 Å². The van der Waals surface area contributed by atoms with Crippen LogP contribution in [-0.2, 0) is 16.1 Å². The van der Waals surface area contributed by atoms with Crippen LogP contribution in [0.2, 0.25) is 0 Å². The van der Waals surface area contributed by atoms with Crippen molar-refractivity contribution in [3.63, 3.8) is 0 Å². The van der Waals surface area contributed by atoms with Gasteiger partial charge in [-0.25, -0.2) is 0 Å². The third-order valence-corrected chi connectivity index (χ3v) is 4.67. The van der Waals surface area contributed by atoms with Crippen LogP contribution >= 0.6 is 0 Å². The number of carbonyl (C=O) groups excluding carboxylic acids is 1. The number of hydrogen-bond acceptors (Lipinski definition) is 5. The summed E-state index contributed by atoms with van der Waals surface area (Å²) in [4.78, 5) is 16.7. The van der Waals surface area contributed by atoms with Crippen LogP contribution in [-0.4, -0.2) is 59.3 Å². The third-order valence-electron chi connectivity index (χ3n) is 4.67. The standard InChI is InChI=1S/C17H27N3O3/c1-12(2)9-20-15-4-6-19(10-14-8-13(3)23-18-14)7-5-16(15)22-11-17(20)21/h8,12,15-16H,4-7,9-11H2,1-3H3/t15-,16-/m0/s1. The van der Waals surface area contributed by atoms with Gasteiger partial charge in [0, 0.05) is 32.2 Å². The zero-order valence-electron chi connectivity index (χ0n) is 14.3. The lowest BCUT2D eigenvalue weighted by molar-refractivity contribution is -0.158. The van der Waals surface area contributed by atoms with Crippen LogP contribution in [0.1, 0.15) is 38.1 Å². The molecule has 0 aromatic carbocycles. The number of nitrogens with zero attached hydrogens (tertiary/aromatic N) is 3. The highest BCUT2D eigenvalue weighted by atomic mass is 16.5. The molecule has 2 aliphatic rings. The summed E-state index contributed by atoms with van der Waals surface area (Å²) >= 11 is 0. The predicted octanol–water partition coefficient (Wildman–Crippen LogP) is 1.83. The molecule has 3 rings (SSSR count). The summed E-state index contributed by atoms with van der Waals surface area (Å²) < 4.78 is 11.0. The van der Waals surface area contributed by atoms with Crippen molar-refractivity contribution in [3.8, 4) is 0 Å². The van der Waals surface area contributed by atoms with Gasteiger partial charge in [0.1, 0.15) is 12.4 Å². The molecule has 1 amide bonds. The summed E-state index contributed by atoms with van der Waals surface area (Å²) in [7, 11) is 0. The summed E-state index contributed by atoms with van der Waals surface area (Å²) in [5, 5.41) is 4.09. The maximum atomic E-state index is 12.2. The summed E-state index contributed by atoms with van der Waals surface area (Å²) in [5.74, 6) is 1.47. The minimum atomic E-state index is 0.139. The van der Waals surface area contributed by atoms with Gasteiger partial charge in [-0.1, -0.05) is 19.0 Å². The molecule has 3 heterocycles. The molecule has 6 heteroatoms. The van der Waals surface area contributed by atoms with Gasteiger partial charge in [-0.2, -0.15) is 0 Å². The van der Waals surface area contributed by atoms with Crippen LogP contribution in [0.15, 0.2) is 10.6 Å². The Morgan fingerprint density at radius 3 is 2.83 bits per heavy atom. The quantitative estimate of drug-likeness (QED) is 0.847. The Kier molecular flexibility index (Phi) is 5.02. The zero-order valence-corrected chi connectivity index (χ0v) is 14.3. The molecular weight excluding hydrogens is 294 g/mol. The molecule has 23 heavy (non-hydrogen) atoms. The highest BCUT2D eigenvalue weighted by Crippen LogP contribution is 2.25. The molecule has 2 saturated heterocycles. The number of likely N-dealkylation sites (tertiary alicyclic amines) is 1. The van der Waals surface area contributed by atoms with Crippen LogP contribution < -0.4 is 0 Å². The first-order valence-electron chi connectivity index (χ1n) is 8.58. The normalized spacial score (nSPS) is 26.4. The van der Waals surface area contributed by atoms with Crippen molar-refractivity contribution in [1.29, 1.82) is 0 Å². The molecule has 2 aliphatic heterocycles. The van der Waals surface area contributed by atoms with Crippen molar-refractivity contribution < 1.29 is 14.1 Å². The van der Waals surface area contributed by atoms with Crippen molar-refractivity contribution >= 4 is 5.91 Å². The van der Waals surface area contributed by atoms with E-state index in [4.69, 9.17) is 9.26 Å². The van der Waals surface area contributed by atoms with E-state index in [2.05, 4.69) is 28.8 Å². The summed E-state index contributed by atoms with van der Waals surface area (Å²) in [5.41, 5.74) is 0.975. The Bertz CT molecular complexity index is 543. The maximum Gasteiger partial charge on any atom is 0.248 e. The van der Waals surface area contributed by atoms with Gasteiger partial charge in [-0.3, -0.25) is 9.69 Å². The van der Waals surface area contributed by atoms with Crippen LogP contribution in [0.25, 0.3) is 0 Å². The molecule has 0 aliphatic carbocycles. The van der Waals surface area contributed by atoms with E-state index in [0.717, 1.165) is 50.5 Å². The summed E-state index contributed by atoms with van der Waals surface area (Å²) in [6.45, 7) is 10.0. The van der Waals surface area contributed by atoms with Gasteiger partial charge >= 0.3 is 0 Å². The maximum absolute atomic E-state index is 12.2. The molecule has 0 bridgehead atoms. The minimum Gasteiger partial charge on any atom is -0.366 e. The molecule has 6 nitrogen and oxygen atoms in total. The predicted molar refractivity (Wildman–Crippen MR) is 85.8 cm³/mol. The number of rotatable bonds is 4. The fraction of sp³-hybridized carbons (Fsp3) is 0.765. The number of ether oxygens (including phenoxy) is 1. The molecule has 2 atom stereocenters. The molecule has 0 N–H and O–H groups in total. The largest absolute Gasteiger partial charge is 0.366 e. The fourth-order valence-electron chi connectivity index (χ4n) is 3.62. The monoisotopic (exact) mass is 321 g/mol. The van der Waals surface area contributed by atoms with E-state index in [1.54, 1.807) is 0 Å². The Labute approximate surface area is 137 Å². The van der Waals surface area contributed by atoms with Gasteiger partial charge in [-0.05, 0) is 25.7 Å². The Morgan fingerprint density at radius 2 is 2.13 bits per heavy atom. The Hall–Kier alpha value is -1.40. The number of aromatic nitrogens is 1. The lowest BCUT2D eigenvalue weighted by Gasteiger charge is -2.41. The first-order valence-corrected chi connectivity index (χ1v) is 8.58. The van der Waals surface area contributed by atoms with E-state index in [1.807, 2.05) is 13.0 Å². The third kappa shape index (κ3) is 3.93. The highest BCUT2D eigenvalue weighted by molar-refractivity contribution is 5.78. The zero-order chi connectivity index (χ0) is 16.4. The number of aryl methyl sites for hydroxylation is 1. The van der Waals surface area contributed by atoms with Crippen LogP contribution in [0.4, 0.5) is 0 Å². The van der Waals surface area contributed by atoms with Gasteiger partial charge < -0.3 is 14.2 Å². The van der Waals surface area contributed by atoms with Crippen LogP contribution in [0, 0.1) is 12.8 Å². The van der Waals surface area contributed by atoms with Gasteiger partial charge in [0.25, 0.3) is 0 Å². The molecule has 2 fully saturated rings. The van der Waals surface area contributed by atoms with Crippen LogP contribution in [0.3, 0.4) is 0 Å². The molecule has 1 aromatic rings. The highest BCUT2D eigenvalue weighted by Gasteiger charge is 2.38. The van der Waals surface area contributed by atoms with Gasteiger partial charge in [0.2, 0.25) is 5.91 Å². The second kappa shape index (κ2) is 7.01. The van der Waals surface area contributed by atoms with Crippen molar-refractivity contribution in [1.82, 2.24) is 15.0 Å². The summed E-state index contributed by atoms with van der Waals surface area (Å²) in [6, 6.07) is 2.20. The second-order valence-electron chi connectivity index (χ2n) is 7.14. The Balaban J connectivity index is 1.65. The summed E-state index contributed by atoms with van der Waals surface area (Å²) in [6.07, 6.45) is 2.08. The second-order valence-corrected chi connectivity index (χ2v) is 7.14. The SMILES string of the molecule is Cc1cc(CN2CC[C@@H]3OCC(=O)N(CC(C)C)[C@H]3CC2)no1. The topological polar surface area (TPSA) is 58.8 Å². The number of amides is 1. The van der Waals surface area contributed by atoms with E-state index in [0.29, 0.717) is 5.92 Å². The lowest BCUT2D eigenvalue weighted by atomic mass is 10.0. The number of morpholine rings is 1. The van der Waals surface area contributed by atoms with Crippen molar-refractivity contribution in [2.24, 2.45) is 5.92 Å². The van der Waals surface area contributed by atoms with Crippen molar-refractivity contribution in [3.05, 3.63) is 17.5 Å². The number of carbonyl (C=O) groups is 1. The molecule has 128 valence electrons. The average molecular weight is 321 g/mol. The van der Waals surface area contributed by atoms with E-state index in [-0.39, 0.29) is 24.7 Å². The van der Waals surface area contributed by atoms with Gasteiger partial charge in [0.05, 0.1) is 17.8 Å². The number of hydrogen-bond donors (Lipinski definition) is 0. The molecule has 1 aromatic heterocycles. The molecule has 0 saturated carbocycles. The van der Waals surface area contributed by atoms with E-state index in [9.17, 15) is 4.79 Å². The Morgan fingerprint density at radius 1 is 1.35 bits per heavy atom. The van der Waals surface area contributed by atoms with E-state index in [1.165, 1.54) is 0 Å².